The number of rotatable bonds is 6. The molecule has 3 N–H and O–H groups in total. The highest BCUT2D eigenvalue weighted by molar-refractivity contribution is 7.90. The number of hydrogen-bond acceptors (Lipinski definition) is 8. The van der Waals surface area contributed by atoms with Gasteiger partial charge in [-0.3, -0.25) is 10.1 Å². The van der Waals surface area contributed by atoms with Gasteiger partial charge in [-0.15, -0.1) is 11.3 Å². The summed E-state index contributed by atoms with van der Waals surface area (Å²) in [5, 5.41) is 10.9. The minimum atomic E-state index is -3.31. The van der Waals surface area contributed by atoms with E-state index in [0.29, 0.717) is 26.2 Å². The van der Waals surface area contributed by atoms with Crippen LogP contribution in [0.4, 0.5) is 15.1 Å². The summed E-state index contributed by atoms with van der Waals surface area (Å²) >= 11 is 2.46. The summed E-state index contributed by atoms with van der Waals surface area (Å²) in [5.41, 5.74) is 1.15. The van der Waals surface area contributed by atoms with Crippen molar-refractivity contribution in [3.63, 3.8) is 0 Å². The highest BCUT2D eigenvalue weighted by Crippen LogP contribution is 2.28. The smallest absolute Gasteiger partial charge is 0.321 e. The molecular formula is C19H21N5O4S3. The van der Waals surface area contributed by atoms with Crippen LogP contribution in [0, 0.1) is 0 Å². The maximum absolute atomic E-state index is 12.4. The lowest BCUT2D eigenvalue weighted by atomic mass is 10.3. The predicted molar refractivity (Wildman–Crippen MR) is 122 cm³/mol. The van der Waals surface area contributed by atoms with Crippen LogP contribution in [0.25, 0.3) is 10.2 Å². The number of benzene rings is 1. The van der Waals surface area contributed by atoms with E-state index in [9.17, 15) is 18.0 Å². The summed E-state index contributed by atoms with van der Waals surface area (Å²) in [4.78, 5) is 33.2. The molecule has 2 aromatic heterocycles. The normalized spacial score (nSPS) is 14.6. The van der Waals surface area contributed by atoms with Gasteiger partial charge in [0.25, 0.3) is 0 Å². The molecule has 0 aliphatic heterocycles. The maximum atomic E-state index is 12.4. The molecule has 0 unspecified atom stereocenters. The first-order valence-corrected chi connectivity index (χ1v) is 13.3. The highest BCUT2D eigenvalue weighted by atomic mass is 32.2. The van der Waals surface area contributed by atoms with Gasteiger partial charge in [0, 0.05) is 17.7 Å². The van der Waals surface area contributed by atoms with Crippen molar-refractivity contribution in [2.24, 2.45) is 0 Å². The van der Waals surface area contributed by atoms with Crippen LogP contribution in [-0.2, 0) is 21.1 Å². The molecule has 0 atom stereocenters. The highest BCUT2D eigenvalue weighted by Gasteiger charge is 2.18. The number of carbonyl (C=O) groups excluding carboxylic acids is 2. The van der Waals surface area contributed by atoms with E-state index in [1.54, 1.807) is 17.5 Å². The summed E-state index contributed by atoms with van der Waals surface area (Å²) in [6.07, 6.45) is 5.44. The Morgan fingerprint density at radius 3 is 2.65 bits per heavy atom. The molecule has 1 aliphatic rings. The van der Waals surface area contributed by atoms with E-state index in [1.165, 1.54) is 28.7 Å². The third-order valence-corrected chi connectivity index (χ3v) is 7.69. The second-order valence-corrected chi connectivity index (χ2v) is 11.3. The SMILES string of the molecule is CS(=O)(=O)c1ccc2nc(NC(=O)Cc3csc(NC(=O)NC4CCCC4)n3)sc2c1. The molecule has 0 bridgehead atoms. The van der Waals surface area contributed by atoms with Gasteiger partial charge in [-0.2, -0.15) is 0 Å². The van der Waals surface area contributed by atoms with Crippen molar-refractivity contribution in [3.05, 3.63) is 29.3 Å². The first-order chi connectivity index (χ1) is 14.8. The van der Waals surface area contributed by atoms with Crippen molar-refractivity contribution < 1.29 is 18.0 Å². The minimum Gasteiger partial charge on any atom is -0.335 e. The molecule has 0 radical (unpaired) electrons. The molecule has 3 amide bonds. The van der Waals surface area contributed by atoms with Crippen LogP contribution in [0.3, 0.4) is 0 Å². The lowest BCUT2D eigenvalue weighted by molar-refractivity contribution is -0.115. The monoisotopic (exact) mass is 479 g/mol. The number of fused-ring (bicyclic) bond motifs is 1. The van der Waals surface area contributed by atoms with Crippen LogP contribution >= 0.6 is 22.7 Å². The first-order valence-electron chi connectivity index (χ1n) is 9.69. The summed E-state index contributed by atoms with van der Waals surface area (Å²) in [6.45, 7) is 0. The molecular weight excluding hydrogens is 458 g/mol. The zero-order valence-electron chi connectivity index (χ0n) is 16.7. The van der Waals surface area contributed by atoms with Crippen molar-refractivity contribution in [1.82, 2.24) is 15.3 Å². The number of nitrogens with one attached hydrogen (secondary N) is 3. The van der Waals surface area contributed by atoms with Gasteiger partial charge >= 0.3 is 6.03 Å². The van der Waals surface area contributed by atoms with E-state index in [2.05, 4.69) is 25.9 Å². The third kappa shape index (κ3) is 5.57. The Kier molecular flexibility index (Phi) is 6.21. The summed E-state index contributed by atoms with van der Waals surface area (Å²) in [7, 11) is -3.31. The zero-order chi connectivity index (χ0) is 22.0. The summed E-state index contributed by atoms with van der Waals surface area (Å²) in [6, 6.07) is 4.60. The van der Waals surface area contributed by atoms with Crippen LogP contribution < -0.4 is 16.0 Å². The maximum Gasteiger partial charge on any atom is 0.321 e. The van der Waals surface area contributed by atoms with Crippen LogP contribution in [-0.4, -0.2) is 42.6 Å². The molecule has 31 heavy (non-hydrogen) atoms. The predicted octanol–water partition coefficient (Wildman–Crippen LogP) is 3.40. The lowest BCUT2D eigenvalue weighted by Crippen LogP contribution is -2.36. The molecule has 1 saturated carbocycles. The molecule has 9 nitrogen and oxygen atoms in total. The molecule has 12 heteroatoms. The Balaban J connectivity index is 1.34. The topological polar surface area (TPSA) is 130 Å². The Morgan fingerprint density at radius 2 is 1.90 bits per heavy atom. The molecule has 164 valence electrons. The van der Waals surface area contributed by atoms with Crippen molar-refractivity contribution in [3.8, 4) is 0 Å². The molecule has 0 saturated heterocycles. The molecule has 0 spiro atoms. The fourth-order valence-electron chi connectivity index (χ4n) is 3.35. The number of urea groups is 1. The summed E-state index contributed by atoms with van der Waals surface area (Å²) in [5.74, 6) is -0.297. The summed E-state index contributed by atoms with van der Waals surface area (Å²) < 4.78 is 24.1. The molecule has 1 fully saturated rings. The fourth-order valence-corrected chi connectivity index (χ4v) is 5.70. The second-order valence-electron chi connectivity index (χ2n) is 7.37. The van der Waals surface area contributed by atoms with Gasteiger partial charge in [-0.1, -0.05) is 24.2 Å². The van der Waals surface area contributed by atoms with Gasteiger partial charge in [-0.05, 0) is 31.0 Å². The molecule has 2 heterocycles. The number of aromatic nitrogens is 2. The van der Waals surface area contributed by atoms with Crippen molar-refractivity contribution in [1.29, 1.82) is 0 Å². The lowest BCUT2D eigenvalue weighted by Gasteiger charge is -2.11. The van der Waals surface area contributed by atoms with Crippen molar-refractivity contribution in [2.75, 3.05) is 16.9 Å². The number of hydrogen-bond donors (Lipinski definition) is 3. The van der Waals surface area contributed by atoms with Crippen LogP contribution in [0.2, 0.25) is 0 Å². The average molecular weight is 480 g/mol. The Hall–Kier alpha value is -2.57. The van der Waals surface area contributed by atoms with Crippen LogP contribution in [0.5, 0.6) is 0 Å². The number of nitrogens with zero attached hydrogens (tertiary/aromatic N) is 2. The van der Waals surface area contributed by atoms with Gasteiger partial charge < -0.3 is 10.6 Å². The Labute approximate surface area is 187 Å². The van der Waals surface area contributed by atoms with Gasteiger partial charge in [-0.25, -0.2) is 23.2 Å². The van der Waals surface area contributed by atoms with Gasteiger partial charge in [0.1, 0.15) is 0 Å². The number of anilines is 2. The van der Waals surface area contributed by atoms with E-state index in [4.69, 9.17) is 0 Å². The third-order valence-electron chi connectivity index (χ3n) is 4.84. The van der Waals surface area contributed by atoms with E-state index >= 15 is 0 Å². The van der Waals surface area contributed by atoms with Gasteiger partial charge in [0.2, 0.25) is 5.91 Å². The average Bonchev–Trinajstić information content (AvgIpc) is 3.41. The quantitative estimate of drug-likeness (QED) is 0.497. The van der Waals surface area contributed by atoms with Crippen molar-refractivity contribution in [2.45, 2.75) is 43.0 Å². The van der Waals surface area contributed by atoms with Crippen molar-refractivity contribution >= 4 is 64.9 Å². The number of thiazole rings is 2. The van der Waals surface area contributed by atoms with E-state index in [0.717, 1.165) is 31.9 Å². The Morgan fingerprint density at radius 1 is 1.13 bits per heavy atom. The van der Waals surface area contributed by atoms with E-state index < -0.39 is 9.84 Å². The van der Waals surface area contributed by atoms with E-state index in [-0.39, 0.29) is 29.3 Å². The van der Waals surface area contributed by atoms with E-state index in [1.807, 2.05) is 0 Å². The largest absolute Gasteiger partial charge is 0.335 e. The number of amides is 3. The number of sulfone groups is 1. The molecule has 4 rings (SSSR count). The Bertz CT molecular complexity index is 1230. The zero-order valence-corrected chi connectivity index (χ0v) is 19.1. The molecule has 1 aromatic carbocycles. The molecule has 3 aromatic rings. The standard InChI is InChI=1S/C19H21N5O4S3/c1-31(27,28)13-6-7-14-15(9-13)30-19(22-14)23-16(25)8-12-10-29-18(21-12)24-17(26)20-11-4-2-3-5-11/h6-7,9-11H,2-5,8H2,1H3,(H,22,23,25)(H2,20,21,24,26). The van der Waals surface area contributed by atoms with Gasteiger partial charge in [0.15, 0.2) is 20.1 Å². The molecule has 1 aliphatic carbocycles. The van der Waals surface area contributed by atoms with Gasteiger partial charge in [0.05, 0.1) is 27.2 Å². The first kappa shape index (κ1) is 21.7. The van der Waals surface area contributed by atoms with Crippen LogP contribution in [0.15, 0.2) is 28.5 Å². The minimum absolute atomic E-state index is 0.0347. The second kappa shape index (κ2) is 8.89. The fraction of sp³-hybridized carbons (Fsp3) is 0.368. The van der Waals surface area contributed by atoms with Crippen LogP contribution in [0.1, 0.15) is 31.4 Å². The number of carbonyl (C=O) groups is 2.